The average molecular weight is 319 g/mol. The lowest BCUT2D eigenvalue weighted by atomic mass is 9.75. The Labute approximate surface area is 136 Å². The molecule has 0 amide bonds. The number of carbonyl (C=O) groups excluding carboxylic acids is 1. The lowest BCUT2D eigenvalue weighted by molar-refractivity contribution is -0.125. The zero-order chi connectivity index (χ0) is 16.7. The molecule has 0 radical (unpaired) electrons. The molecule has 2 aliphatic heterocycles. The van der Waals surface area contributed by atoms with Gasteiger partial charge in [0.15, 0.2) is 5.96 Å². The van der Waals surface area contributed by atoms with Gasteiger partial charge in [0, 0.05) is 18.0 Å². The summed E-state index contributed by atoms with van der Waals surface area (Å²) in [4.78, 5) is 17.1. The van der Waals surface area contributed by atoms with Gasteiger partial charge in [-0.25, -0.2) is 0 Å². The van der Waals surface area contributed by atoms with Crippen LogP contribution in [0.4, 0.5) is 0 Å². The molecule has 1 saturated heterocycles. The number of aliphatic imine (C=N–C) groups is 1. The van der Waals surface area contributed by atoms with E-state index < -0.39 is 0 Å². The highest BCUT2D eigenvalue weighted by molar-refractivity contribution is 5.87. The van der Waals surface area contributed by atoms with Crippen LogP contribution in [0.5, 0.6) is 0 Å². The van der Waals surface area contributed by atoms with Crippen molar-refractivity contribution in [3.8, 4) is 0 Å². The Morgan fingerprint density at radius 3 is 2.91 bits per heavy atom. The molecule has 1 fully saturated rings. The van der Waals surface area contributed by atoms with E-state index in [0.29, 0.717) is 24.8 Å². The third-order valence-corrected chi connectivity index (χ3v) is 4.74. The van der Waals surface area contributed by atoms with Gasteiger partial charge in [-0.15, -0.1) is 0 Å². The molecule has 1 aromatic rings. The number of nitrogens with one attached hydrogen (secondary N) is 2. The van der Waals surface area contributed by atoms with Gasteiger partial charge in [-0.3, -0.25) is 9.79 Å². The number of nitrogens with two attached hydrogens (primary N) is 1. The molecule has 4 N–H and O–H groups in total. The van der Waals surface area contributed by atoms with Crippen LogP contribution in [-0.2, 0) is 16.6 Å². The number of aromatic nitrogens is 1. The maximum absolute atomic E-state index is 12.8. The molecule has 2 aliphatic rings. The molecule has 1 unspecified atom stereocenters. The van der Waals surface area contributed by atoms with E-state index in [4.69, 9.17) is 10.3 Å². The van der Waals surface area contributed by atoms with Gasteiger partial charge in [-0.1, -0.05) is 25.9 Å². The fraction of sp³-hybridized carbons (Fsp3) is 0.688. The van der Waals surface area contributed by atoms with Gasteiger partial charge in [0.25, 0.3) is 0 Å². The van der Waals surface area contributed by atoms with Gasteiger partial charge in [0.2, 0.25) is 0 Å². The number of hydrogen-bond donors (Lipinski definition) is 3. The molecule has 1 aromatic heterocycles. The monoisotopic (exact) mass is 319 g/mol. The predicted molar refractivity (Wildman–Crippen MR) is 87.2 cm³/mol. The zero-order valence-corrected chi connectivity index (χ0v) is 14.0. The number of hydrogen-bond acceptors (Lipinski definition) is 7. The van der Waals surface area contributed by atoms with Gasteiger partial charge in [-0.2, -0.15) is 0 Å². The highest BCUT2D eigenvalue weighted by Crippen LogP contribution is 2.30. The first-order chi connectivity index (χ1) is 10.8. The Hall–Kier alpha value is -1.89. The van der Waals surface area contributed by atoms with Crippen LogP contribution in [0.3, 0.4) is 0 Å². The highest BCUT2D eigenvalue weighted by Gasteiger charge is 2.47. The largest absolute Gasteiger partial charge is 0.370 e. The highest BCUT2D eigenvalue weighted by atomic mass is 16.5. The summed E-state index contributed by atoms with van der Waals surface area (Å²) in [6.45, 7) is 8.25. The second-order valence-corrected chi connectivity index (χ2v) is 7.56. The first-order valence-corrected chi connectivity index (χ1v) is 8.08. The summed E-state index contributed by atoms with van der Waals surface area (Å²) in [6, 6.07) is 1.88. The van der Waals surface area contributed by atoms with Gasteiger partial charge < -0.3 is 20.9 Å². The molecular formula is C16H25N5O2. The van der Waals surface area contributed by atoms with Gasteiger partial charge in [-0.05, 0) is 13.0 Å². The van der Waals surface area contributed by atoms with Crippen molar-refractivity contribution in [1.29, 1.82) is 0 Å². The Morgan fingerprint density at radius 1 is 1.52 bits per heavy atom. The lowest BCUT2D eigenvalue weighted by Gasteiger charge is -2.40. The van der Waals surface area contributed by atoms with Crippen molar-refractivity contribution in [2.45, 2.75) is 44.6 Å². The number of Topliss-reactive ketones (excluding diaryl/α,β-unsaturated/α-hetero) is 1. The molecule has 0 bridgehead atoms. The van der Waals surface area contributed by atoms with Crippen molar-refractivity contribution in [2.75, 3.05) is 19.6 Å². The summed E-state index contributed by atoms with van der Waals surface area (Å²) in [7, 11) is 0. The molecule has 3 rings (SSSR count). The van der Waals surface area contributed by atoms with Gasteiger partial charge >= 0.3 is 0 Å². The molecule has 7 heteroatoms. The summed E-state index contributed by atoms with van der Waals surface area (Å²) in [5.74, 6) is 1.00. The number of rotatable bonds is 3. The fourth-order valence-corrected chi connectivity index (χ4v) is 3.29. The van der Waals surface area contributed by atoms with E-state index in [2.05, 4.69) is 41.6 Å². The second-order valence-electron chi connectivity index (χ2n) is 7.56. The van der Waals surface area contributed by atoms with E-state index in [1.165, 1.54) is 0 Å². The van der Waals surface area contributed by atoms with Crippen LogP contribution in [0, 0.1) is 5.92 Å². The van der Waals surface area contributed by atoms with Crippen molar-refractivity contribution in [3.63, 3.8) is 0 Å². The Bertz CT molecular complexity index is 631. The molecule has 2 atom stereocenters. The first kappa shape index (κ1) is 16.0. The molecule has 0 aromatic carbocycles. The van der Waals surface area contributed by atoms with Crippen LogP contribution < -0.4 is 16.4 Å². The minimum atomic E-state index is -0.348. The second kappa shape index (κ2) is 5.63. The van der Waals surface area contributed by atoms with E-state index in [9.17, 15) is 4.79 Å². The SMILES string of the molecule is CC(C)(C)c1cc(CC(=O)C2CNCC[C@@]23CN=C(N)N3)on1. The van der Waals surface area contributed by atoms with Crippen LogP contribution in [0.15, 0.2) is 15.6 Å². The van der Waals surface area contributed by atoms with Crippen molar-refractivity contribution in [1.82, 2.24) is 15.8 Å². The van der Waals surface area contributed by atoms with Crippen LogP contribution in [0.1, 0.15) is 38.6 Å². The summed E-state index contributed by atoms with van der Waals surface area (Å²) in [5, 5.41) is 10.6. The van der Waals surface area contributed by atoms with E-state index in [-0.39, 0.29) is 29.1 Å². The third-order valence-electron chi connectivity index (χ3n) is 4.74. The Kier molecular flexibility index (Phi) is 3.91. The minimum absolute atomic E-state index is 0.0896. The third kappa shape index (κ3) is 3.10. The van der Waals surface area contributed by atoms with E-state index in [0.717, 1.165) is 18.7 Å². The molecule has 0 saturated carbocycles. The summed E-state index contributed by atoms with van der Waals surface area (Å²) in [6.07, 6.45) is 1.08. The van der Waals surface area contributed by atoms with E-state index in [1.807, 2.05) is 6.07 Å². The van der Waals surface area contributed by atoms with E-state index >= 15 is 0 Å². The number of ketones is 1. The maximum Gasteiger partial charge on any atom is 0.189 e. The van der Waals surface area contributed by atoms with Gasteiger partial charge in [0.05, 0.1) is 30.1 Å². The normalized spacial score (nSPS) is 27.8. The van der Waals surface area contributed by atoms with Crippen molar-refractivity contribution < 1.29 is 9.32 Å². The van der Waals surface area contributed by atoms with Crippen molar-refractivity contribution in [2.24, 2.45) is 16.6 Å². The molecule has 0 aliphatic carbocycles. The van der Waals surface area contributed by atoms with Crippen LogP contribution in [0.25, 0.3) is 0 Å². The summed E-state index contributed by atoms with van der Waals surface area (Å²) in [5.41, 5.74) is 6.21. The smallest absolute Gasteiger partial charge is 0.189 e. The molecule has 7 nitrogen and oxygen atoms in total. The number of guanidine groups is 1. The summed E-state index contributed by atoms with van der Waals surface area (Å²) < 4.78 is 5.36. The van der Waals surface area contributed by atoms with Crippen molar-refractivity contribution in [3.05, 3.63) is 17.5 Å². The predicted octanol–water partition coefficient (Wildman–Crippen LogP) is 0.350. The van der Waals surface area contributed by atoms with Gasteiger partial charge in [0.1, 0.15) is 11.5 Å². The van der Waals surface area contributed by atoms with E-state index in [1.54, 1.807) is 0 Å². The molecule has 126 valence electrons. The molecule has 1 spiro atoms. The quantitative estimate of drug-likeness (QED) is 0.742. The minimum Gasteiger partial charge on any atom is -0.370 e. The standard InChI is InChI=1S/C16H25N5O2/c1-15(2,3)13-7-10(23-21-13)6-12(22)11-8-18-5-4-16(11)9-19-14(17)20-16/h7,11,18H,4-6,8-9H2,1-3H3,(H3,17,19,20)/t11?,16-/m1/s1. The number of piperidine rings is 1. The Morgan fingerprint density at radius 2 is 2.30 bits per heavy atom. The maximum atomic E-state index is 12.8. The van der Waals surface area contributed by atoms with Crippen LogP contribution in [-0.4, -0.2) is 42.1 Å². The molecular weight excluding hydrogens is 294 g/mol. The number of carbonyl (C=O) groups is 1. The fourth-order valence-electron chi connectivity index (χ4n) is 3.29. The first-order valence-electron chi connectivity index (χ1n) is 8.08. The average Bonchev–Trinajstić information content (AvgIpc) is 3.07. The molecule has 3 heterocycles. The summed E-state index contributed by atoms with van der Waals surface area (Å²) >= 11 is 0. The Balaban J connectivity index is 1.73. The zero-order valence-electron chi connectivity index (χ0n) is 14.0. The molecule has 23 heavy (non-hydrogen) atoms. The topological polar surface area (TPSA) is 106 Å². The van der Waals surface area contributed by atoms with Crippen LogP contribution in [0.2, 0.25) is 0 Å². The number of nitrogens with zero attached hydrogens (tertiary/aromatic N) is 2. The van der Waals surface area contributed by atoms with Crippen LogP contribution >= 0.6 is 0 Å². The van der Waals surface area contributed by atoms with Crippen molar-refractivity contribution >= 4 is 11.7 Å². The lowest BCUT2D eigenvalue weighted by Crippen LogP contribution is -2.62.